The molecule has 174 valence electrons. The molecule has 1 aliphatic carbocycles. The van der Waals surface area contributed by atoms with Crippen LogP contribution >= 0.6 is 11.6 Å². The lowest BCUT2D eigenvalue weighted by Gasteiger charge is -2.22. The molecule has 2 aromatic rings. The fraction of sp³-hybridized carbons (Fsp3) is 0.524. The summed E-state index contributed by atoms with van der Waals surface area (Å²) in [5.74, 6) is -0.625. The van der Waals surface area contributed by atoms with Crippen LogP contribution in [0.5, 0.6) is 0 Å². The van der Waals surface area contributed by atoms with Gasteiger partial charge in [-0.3, -0.25) is 14.2 Å². The molecular formula is C21H27ClN4O6. The Balaban J connectivity index is 1.87. The Morgan fingerprint density at radius 3 is 2.53 bits per heavy atom. The number of hydrogen-bond acceptors (Lipinski definition) is 7. The molecule has 1 aromatic carbocycles. The first-order valence-electron chi connectivity index (χ1n) is 10.6. The summed E-state index contributed by atoms with van der Waals surface area (Å²) in [6, 6.07) is 4.20. The van der Waals surface area contributed by atoms with E-state index in [1.165, 1.54) is 18.2 Å². The van der Waals surface area contributed by atoms with Gasteiger partial charge in [-0.25, -0.2) is 4.79 Å². The number of carbonyl (C=O) groups is 1. The number of amides is 1. The fourth-order valence-corrected chi connectivity index (χ4v) is 4.03. The van der Waals surface area contributed by atoms with Gasteiger partial charge in [0, 0.05) is 5.92 Å². The Hall–Kier alpha value is -2.53. The van der Waals surface area contributed by atoms with Gasteiger partial charge in [0.2, 0.25) is 0 Å². The highest BCUT2D eigenvalue weighted by molar-refractivity contribution is 6.33. The van der Waals surface area contributed by atoms with Gasteiger partial charge in [0.1, 0.15) is 12.4 Å². The molecule has 1 heterocycles. The van der Waals surface area contributed by atoms with E-state index < -0.39 is 42.6 Å². The maximum absolute atomic E-state index is 12.8. The summed E-state index contributed by atoms with van der Waals surface area (Å²) in [4.78, 5) is 37.5. The minimum Gasteiger partial charge on any atom is -0.394 e. The highest BCUT2D eigenvalue weighted by atomic mass is 35.5. The van der Waals surface area contributed by atoms with E-state index in [0.29, 0.717) is 0 Å². The van der Waals surface area contributed by atoms with Crippen molar-refractivity contribution in [3.8, 4) is 5.69 Å². The van der Waals surface area contributed by atoms with Gasteiger partial charge in [-0.2, -0.15) is 9.78 Å². The predicted octanol–water partition coefficient (Wildman–Crippen LogP) is 0.419. The van der Waals surface area contributed by atoms with Crippen LogP contribution in [0.15, 0.2) is 34.0 Å². The summed E-state index contributed by atoms with van der Waals surface area (Å²) < 4.78 is 1.62. The molecule has 0 radical (unpaired) electrons. The number of nitrogens with one attached hydrogen (secondary N) is 1. The second-order valence-corrected chi connectivity index (χ2v) is 8.37. The third kappa shape index (κ3) is 5.63. The Labute approximate surface area is 189 Å². The minimum absolute atomic E-state index is 0.0331. The normalized spacial score (nSPS) is 16.9. The van der Waals surface area contributed by atoms with E-state index in [1.807, 2.05) is 0 Å². The van der Waals surface area contributed by atoms with Gasteiger partial charge in [-0.15, -0.1) is 0 Å². The zero-order valence-electron chi connectivity index (χ0n) is 17.5. The van der Waals surface area contributed by atoms with E-state index in [4.69, 9.17) is 16.7 Å². The quantitative estimate of drug-likeness (QED) is 0.341. The third-order valence-corrected chi connectivity index (χ3v) is 5.96. The first kappa shape index (κ1) is 24.1. The summed E-state index contributed by atoms with van der Waals surface area (Å²) >= 11 is 6.19. The number of nitrogens with zero attached hydrogens (tertiary/aromatic N) is 3. The summed E-state index contributed by atoms with van der Waals surface area (Å²) in [6.45, 7) is -1.03. The van der Waals surface area contributed by atoms with E-state index >= 15 is 0 Å². The Morgan fingerprint density at radius 1 is 1.19 bits per heavy atom. The van der Waals surface area contributed by atoms with Crippen molar-refractivity contribution in [2.45, 2.75) is 57.4 Å². The topological polar surface area (TPSA) is 147 Å². The van der Waals surface area contributed by atoms with Crippen LogP contribution in [0.3, 0.4) is 0 Å². The Morgan fingerprint density at radius 2 is 1.88 bits per heavy atom. The molecule has 4 N–H and O–H groups in total. The van der Waals surface area contributed by atoms with Crippen molar-refractivity contribution in [1.82, 2.24) is 19.7 Å². The lowest BCUT2D eigenvalue weighted by Crippen LogP contribution is -2.43. The molecule has 2 atom stereocenters. The van der Waals surface area contributed by atoms with E-state index in [0.717, 1.165) is 54.0 Å². The minimum atomic E-state index is -1.30. The molecule has 1 aromatic heterocycles. The smallest absolute Gasteiger partial charge is 0.352 e. The number of carbonyl (C=O) groups excluding carboxylic acids is 1. The van der Waals surface area contributed by atoms with Crippen LogP contribution in [0.4, 0.5) is 0 Å². The SMILES string of the molecule is O=C(NC(O)C1CCCCCC1)c1cc(-n2ncc(=O)n(CC(O)CO)c2=O)ccc1Cl. The van der Waals surface area contributed by atoms with E-state index in [2.05, 4.69) is 10.4 Å². The van der Waals surface area contributed by atoms with Crippen molar-refractivity contribution in [3.05, 3.63) is 55.8 Å². The molecule has 0 spiro atoms. The molecule has 2 unspecified atom stereocenters. The van der Waals surface area contributed by atoms with Gasteiger partial charge >= 0.3 is 5.69 Å². The van der Waals surface area contributed by atoms with Crippen molar-refractivity contribution < 1.29 is 20.1 Å². The standard InChI is InChI=1S/C21H27ClN4O6/c22-17-8-7-14(26-21(32)25(11-15(28)12-27)18(29)10-23-26)9-16(17)20(31)24-19(30)13-5-3-1-2-4-6-13/h7-10,13,15,19,27-28,30H,1-6,11-12H2,(H,24,31). The average Bonchev–Trinajstić information content (AvgIpc) is 3.06. The lowest BCUT2D eigenvalue weighted by atomic mass is 9.98. The van der Waals surface area contributed by atoms with Crippen LogP contribution in [0.2, 0.25) is 5.02 Å². The van der Waals surface area contributed by atoms with Crippen molar-refractivity contribution in [2.24, 2.45) is 5.92 Å². The van der Waals surface area contributed by atoms with Gasteiger partial charge in [0.05, 0.1) is 35.5 Å². The Bertz CT molecular complexity index is 1060. The summed E-state index contributed by atoms with van der Waals surface area (Å²) in [5, 5.41) is 35.6. The molecule has 1 saturated carbocycles. The first-order valence-corrected chi connectivity index (χ1v) is 11.0. The van der Waals surface area contributed by atoms with Crippen LogP contribution in [-0.2, 0) is 6.54 Å². The van der Waals surface area contributed by atoms with Crippen LogP contribution < -0.4 is 16.6 Å². The largest absolute Gasteiger partial charge is 0.394 e. The van der Waals surface area contributed by atoms with Crippen LogP contribution in [0.1, 0.15) is 48.9 Å². The number of aliphatic hydroxyl groups is 3. The fourth-order valence-electron chi connectivity index (χ4n) is 3.82. The van der Waals surface area contributed by atoms with Gasteiger partial charge in [0.25, 0.3) is 11.5 Å². The van der Waals surface area contributed by atoms with E-state index in [-0.39, 0.29) is 22.2 Å². The van der Waals surface area contributed by atoms with Gasteiger partial charge in [-0.05, 0) is 31.0 Å². The summed E-state index contributed by atoms with van der Waals surface area (Å²) in [6.07, 6.45) is 4.48. The molecule has 0 aliphatic heterocycles. The monoisotopic (exact) mass is 466 g/mol. The van der Waals surface area contributed by atoms with Gasteiger partial charge < -0.3 is 20.6 Å². The maximum Gasteiger partial charge on any atom is 0.352 e. The third-order valence-electron chi connectivity index (χ3n) is 5.63. The molecule has 0 saturated heterocycles. The van der Waals surface area contributed by atoms with Gasteiger partial charge in [0.15, 0.2) is 0 Å². The molecule has 1 aliphatic rings. The predicted molar refractivity (Wildman–Crippen MR) is 117 cm³/mol. The molecule has 3 rings (SSSR count). The number of aliphatic hydroxyl groups excluding tert-OH is 3. The van der Waals surface area contributed by atoms with Crippen molar-refractivity contribution in [3.63, 3.8) is 0 Å². The highest BCUT2D eigenvalue weighted by Gasteiger charge is 2.24. The Kier molecular flexibility index (Phi) is 8.19. The number of hydrogen-bond donors (Lipinski definition) is 4. The van der Waals surface area contributed by atoms with Crippen LogP contribution in [-0.4, -0.2) is 54.5 Å². The number of benzene rings is 1. The second kappa shape index (κ2) is 10.9. The molecular weight excluding hydrogens is 440 g/mol. The van der Waals surface area contributed by atoms with E-state index in [9.17, 15) is 24.6 Å². The average molecular weight is 467 g/mol. The first-order chi connectivity index (χ1) is 15.3. The van der Waals surface area contributed by atoms with Gasteiger partial charge in [-0.1, -0.05) is 37.3 Å². The van der Waals surface area contributed by atoms with E-state index in [1.54, 1.807) is 0 Å². The molecule has 32 heavy (non-hydrogen) atoms. The van der Waals surface area contributed by atoms with Crippen LogP contribution in [0.25, 0.3) is 5.69 Å². The molecule has 1 fully saturated rings. The van der Waals surface area contributed by atoms with Crippen LogP contribution in [0, 0.1) is 5.92 Å². The highest BCUT2D eigenvalue weighted by Crippen LogP contribution is 2.25. The number of aromatic nitrogens is 3. The lowest BCUT2D eigenvalue weighted by molar-refractivity contribution is 0.0532. The molecule has 0 bridgehead atoms. The maximum atomic E-state index is 12.8. The van der Waals surface area contributed by atoms with Crippen molar-refractivity contribution in [2.75, 3.05) is 6.61 Å². The van der Waals surface area contributed by atoms with Crippen molar-refractivity contribution >= 4 is 17.5 Å². The number of halogens is 1. The summed E-state index contributed by atoms with van der Waals surface area (Å²) in [7, 11) is 0. The molecule has 1 amide bonds. The summed E-state index contributed by atoms with van der Waals surface area (Å²) in [5.41, 5.74) is -1.38. The zero-order chi connectivity index (χ0) is 23.3. The molecule has 11 heteroatoms. The molecule has 10 nitrogen and oxygen atoms in total. The zero-order valence-corrected chi connectivity index (χ0v) is 18.2. The van der Waals surface area contributed by atoms with Crippen molar-refractivity contribution in [1.29, 1.82) is 0 Å². The number of rotatable bonds is 7. The second-order valence-electron chi connectivity index (χ2n) is 7.96.